The van der Waals surface area contributed by atoms with Crippen LogP contribution in [0.3, 0.4) is 0 Å². The molecule has 0 radical (unpaired) electrons. The third-order valence-electron chi connectivity index (χ3n) is 8.16. The number of methoxy groups -OCH3 is 1. The first-order chi connectivity index (χ1) is 22.6. The van der Waals surface area contributed by atoms with Crippen LogP contribution in [0, 0.1) is 0 Å². The molecule has 8 aromatic rings. The second kappa shape index (κ2) is 11.7. The zero-order valence-electron chi connectivity index (χ0n) is 24.8. The average molecular weight is 661 g/mol. The number of nitrogens with zero attached hydrogens (tertiary/aromatic N) is 3. The largest absolute Gasteiger partial charge is 0.497 e. The van der Waals surface area contributed by atoms with E-state index < -0.39 is 0 Å². The number of hydrogen-bond acceptors (Lipinski definition) is 5. The van der Waals surface area contributed by atoms with Gasteiger partial charge in [0, 0.05) is 38.3 Å². The van der Waals surface area contributed by atoms with Crippen LogP contribution < -0.4 is 4.74 Å². The number of hydrogen-bond donors (Lipinski definition) is 0. The first kappa shape index (κ1) is 27.9. The number of pyridine rings is 1. The molecule has 0 atom stereocenters. The fraction of sp³-hybridized carbons (Fsp3) is 0.0250. The highest BCUT2D eigenvalue weighted by Crippen LogP contribution is 2.37. The number of benzene rings is 5. The van der Waals surface area contributed by atoms with Gasteiger partial charge in [-0.3, -0.25) is 4.98 Å². The highest BCUT2D eigenvalue weighted by atomic mass is 79.9. The lowest BCUT2D eigenvalue weighted by Gasteiger charge is -2.10. The minimum atomic E-state index is 0.697. The van der Waals surface area contributed by atoms with Crippen molar-refractivity contribution in [2.45, 2.75) is 0 Å². The van der Waals surface area contributed by atoms with Gasteiger partial charge in [-0.05, 0) is 53.6 Å². The van der Waals surface area contributed by atoms with Crippen molar-refractivity contribution in [1.82, 2.24) is 15.0 Å². The molecule has 0 fully saturated rings. The third-order valence-corrected chi connectivity index (χ3v) is 8.69. The molecular formula is C40H26BrN3O2. The summed E-state index contributed by atoms with van der Waals surface area (Å²) in [5, 5.41) is 1.97. The van der Waals surface area contributed by atoms with E-state index in [-0.39, 0.29) is 0 Å². The first-order valence-electron chi connectivity index (χ1n) is 14.9. The lowest BCUT2D eigenvalue weighted by Crippen LogP contribution is -1.95. The molecular weight excluding hydrogens is 634 g/mol. The predicted octanol–water partition coefficient (Wildman–Crippen LogP) is 10.9. The van der Waals surface area contributed by atoms with E-state index in [4.69, 9.17) is 24.1 Å². The van der Waals surface area contributed by atoms with Gasteiger partial charge < -0.3 is 9.15 Å². The fourth-order valence-corrected chi connectivity index (χ4v) is 6.05. The van der Waals surface area contributed by atoms with Crippen LogP contribution in [0.4, 0.5) is 0 Å². The van der Waals surface area contributed by atoms with Crippen LogP contribution in [0.1, 0.15) is 0 Å². The fourth-order valence-electron chi connectivity index (χ4n) is 5.78. The Hall–Kier alpha value is -5.59. The summed E-state index contributed by atoms with van der Waals surface area (Å²) in [7, 11) is 1.67. The highest BCUT2D eigenvalue weighted by molar-refractivity contribution is 9.10. The van der Waals surface area contributed by atoms with Crippen LogP contribution in [0.2, 0.25) is 0 Å². The Labute approximate surface area is 274 Å². The van der Waals surface area contributed by atoms with Crippen LogP contribution in [0.15, 0.2) is 149 Å². The quantitative estimate of drug-likeness (QED) is 0.178. The smallest absolute Gasteiger partial charge is 0.160 e. The molecule has 0 amide bonds. The molecule has 0 bridgehead atoms. The number of rotatable bonds is 6. The van der Waals surface area contributed by atoms with E-state index in [9.17, 15) is 0 Å². The van der Waals surface area contributed by atoms with Gasteiger partial charge in [0.15, 0.2) is 5.82 Å². The molecule has 0 saturated carbocycles. The summed E-state index contributed by atoms with van der Waals surface area (Å²) in [6, 6.07) is 45.2. The van der Waals surface area contributed by atoms with Crippen LogP contribution in [-0.4, -0.2) is 22.1 Å². The van der Waals surface area contributed by atoms with Crippen molar-refractivity contribution >= 4 is 37.9 Å². The summed E-state index contributed by atoms with van der Waals surface area (Å²) >= 11 is 3.54. The number of fused-ring (bicyclic) bond motifs is 3. The summed E-state index contributed by atoms with van der Waals surface area (Å²) in [5.41, 5.74) is 10.5. The second-order valence-electron chi connectivity index (χ2n) is 11.0. The molecule has 5 nitrogen and oxygen atoms in total. The summed E-state index contributed by atoms with van der Waals surface area (Å²) in [6.45, 7) is 0. The van der Waals surface area contributed by atoms with E-state index in [0.29, 0.717) is 5.82 Å². The van der Waals surface area contributed by atoms with E-state index in [1.165, 1.54) is 0 Å². The van der Waals surface area contributed by atoms with Gasteiger partial charge in [-0.25, -0.2) is 9.97 Å². The molecule has 3 heterocycles. The van der Waals surface area contributed by atoms with Gasteiger partial charge in [0.05, 0.1) is 29.6 Å². The molecule has 0 aliphatic rings. The van der Waals surface area contributed by atoms with Gasteiger partial charge in [0.2, 0.25) is 0 Å². The maximum Gasteiger partial charge on any atom is 0.160 e. The van der Waals surface area contributed by atoms with Crippen molar-refractivity contribution in [3.05, 3.63) is 144 Å². The van der Waals surface area contributed by atoms with Crippen molar-refractivity contribution in [3.8, 4) is 62.0 Å². The second-order valence-corrected chi connectivity index (χ2v) is 11.9. The van der Waals surface area contributed by atoms with E-state index in [1.807, 2.05) is 66.7 Å². The maximum atomic E-state index is 6.12. The van der Waals surface area contributed by atoms with Gasteiger partial charge in [-0.2, -0.15) is 0 Å². The van der Waals surface area contributed by atoms with Gasteiger partial charge in [0.25, 0.3) is 0 Å². The van der Waals surface area contributed by atoms with Gasteiger partial charge in [0.1, 0.15) is 16.9 Å². The number of halogens is 1. The first-order valence-corrected chi connectivity index (χ1v) is 15.7. The predicted molar refractivity (Wildman–Crippen MR) is 189 cm³/mol. The number of aromatic nitrogens is 3. The van der Waals surface area contributed by atoms with E-state index >= 15 is 0 Å². The molecule has 0 unspecified atom stereocenters. The molecule has 220 valence electrons. The molecule has 0 saturated heterocycles. The van der Waals surface area contributed by atoms with Crippen molar-refractivity contribution in [2.24, 2.45) is 0 Å². The Bertz CT molecular complexity index is 2330. The molecule has 0 aliphatic carbocycles. The van der Waals surface area contributed by atoms with Crippen molar-refractivity contribution in [2.75, 3.05) is 7.11 Å². The molecule has 0 spiro atoms. The van der Waals surface area contributed by atoms with Crippen molar-refractivity contribution < 1.29 is 9.15 Å². The molecule has 3 aromatic heterocycles. The van der Waals surface area contributed by atoms with Gasteiger partial charge in [-0.15, -0.1) is 0 Å². The third kappa shape index (κ3) is 5.23. The Balaban J connectivity index is 1.13. The van der Waals surface area contributed by atoms with Crippen LogP contribution >= 0.6 is 15.9 Å². The Morgan fingerprint density at radius 2 is 1.17 bits per heavy atom. The minimum absolute atomic E-state index is 0.697. The number of ether oxygens (including phenoxy) is 1. The Morgan fingerprint density at radius 3 is 1.83 bits per heavy atom. The molecule has 6 heteroatoms. The Kier molecular flexibility index (Phi) is 7.12. The van der Waals surface area contributed by atoms with Crippen LogP contribution in [0.5, 0.6) is 5.75 Å². The van der Waals surface area contributed by atoms with Gasteiger partial charge >= 0.3 is 0 Å². The van der Waals surface area contributed by atoms with Crippen LogP contribution in [0.25, 0.3) is 78.2 Å². The van der Waals surface area contributed by atoms with E-state index in [0.717, 1.165) is 82.6 Å². The summed E-state index contributed by atoms with van der Waals surface area (Å²) in [6.07, 6.45) is 1.79. The molecule has 0 aliphatic heterocycles. The molecule has 8 rings (SSSR count). The highest BCUT2D eigenvalue weighted by Gasteiger charge is 2.15. The van der Waals surface area contributed by atoms with Crippen molar-refractivity contribution in [1.29, 1.82) is 0 Å². The average Bonchev–Trinajstić information content (AvgIpc) is 3.50. The SMILES string of the molecule is COc1ccc2oc3ccnc(-c4ccc(-c5ccc(-c6cc(-c7ccc(Br)cc7)nc(-c7ccccc7)n6)cc5)cc4)c3c2c1. The summed E-state index contributed by atoms with van der Waals surface area (Å²) in [4.78, 5) is 14.6. The van der Waals surface area contributed by atoms with Gasteiger partial charge in [-0.1, -0.05) is 107 Å². The summed E-state index contributed by atoms with van der Waals surface area (Å²) < 4.78 is 12.6. The van der Waals surface area contributed by atoms with Crippen molar-refractivity contribution in [3.63, 3.8) is 0 Å². The zero-order valence-corrected chi connectivity index (χ0v) is 26.4. The van der Waals surface area contributed by atoms with Crippen LogP contribution in [-0.2, 0) is 0 Å². The standard InChI is InChI=1S/C40H26BrN3O2/c1-45-32-19-20-36-33(23-32)38-37(46-36)21-22-42-39(38)29-13-9-26(10-14-29)25-7-11-27(12-8-25)34-24-35(28-15-17-31(41)18-16-28)44-40(43-34)30-5-3-2-4-6-30/h2-24H,1H3. The monoisotopic (exact) mass is 659 g/mol. The molecule has 0 N–H and O–H groups in total. The lowest BCUT2D eigenvalue weighted by atomic mass is 9.99. The molecule has 5 aromatic carbocycles. The number of furan rings is 1. The summed E-state index contributed by atoms with van der Waals surface area (Å²) in [5.74, 6) is 1.48. The van der Waals surface area contributed by atoms with E-state index in [2.05, 4.69) is 82.7 Å². The zero-order chi connectivity index (χ0) is 31.0. The topological polar surface area (TPSA) is 61.0 Å². The van der Waals surface area contributed by atoms with E-state index in [1.54, 1.807) is 13.3 Å². The molecule has 46 heavy (non-hydrogen) atoms. The Morgan fingerprint density at radius 1 is 0.565 bits per heavy atom. The lowest BCUT2D eigenvalue weighted by molar-refractivity contribution is 0.415. The maximum absolute atomic E-state index is 6.12. The minimum Gasteiger partial charge on any atom is -0.497 e. The normalized spacial score (nSPS) is 11.3.